The van der Waals surface area contributed by atoms with Crippen molar-refractivity contribution in [3.8, 4) is 11.8 Å². The summed E-state index contributed by atoms with van der Waals surface area (Å²) in [6, 6.07) is 5.16. The molecule has 0 saturated carbocycles. The Morgan fingerprint density at radius 2 is 1.95 bits per heavy atom. The second-order valence-corrected chi connectivity index (χ2v) is 7.93. The van der Waals surface area contributed by atoms with E-state index in [-0.39, 0.29) is 16.9 Å². The standard InChI is InChI=1S/C16H24N2O2S/c1-13-7-8-14(6-5-10-17)12-15(13)21(19,20)18-11-9-16(2,3)4/h7-8,12,18H,9-11,17H2,1-4H3. The molecule has 0 spiro atoms. The van der Waals surface area contributed by atoms with Crippen LogP contribution < -0.4 is 10.5 Å². The summed E-state index contributed by atoms with van der Waals surface area (Å²) in [5.74, 6) is 5.59. The van der Waals surface area contributed by atoms with E-state index in [0.29, 0.717) is 17.7 Å². The third-order valence-corrected chi connectivity index (χ3v) is 4.58. The molecular weight excluding hydrogens is 284 g/mol. The fraction of sp³-hybridized carbons (Fsp3) is 0.500. The highest BCUT2D eigenvalue weighted by atomic mass is 32.2. The van der Waals surface area contributed by atoms with Crippen LogP contribution in [0, 0.1) is 24.2 Å². The first-order valence-corrected chi connectivity index (χ1v) is 8.43. The molecule has 0 aliphatic rings. The molecule has 1 aromatic carbocycles. The molecule has 116 valence electrons. The zero-order valence-electron chi connectivity index (χ0n) is 13.2. The lowest BCUT2D eigenvalue weighted by Gasteiger charge is -2.18. The van der Waals surface area contributed by atoms with Gasteiger partial charge in [0, 0.05) is 12.1 Å². The van der Waals surface area contributed by atoms with Crippen LogP contribution in [0.25, 0.3) is 0 Å². The van der Waals surface area contributed by atoms with E-state index < -0.39 is 10.0 Å². The van der Waals surface area contributed by atoms with Crippen LogP contribution in [-0.2, 0) is 10.0 Å². The molecule has 0 fully saturated rings. The van der Waals surface area contributed by atoms with E-state index in [1.807, 2.05) is 0 Å². The molecule has 1 rings (SSSR count). The Bertz CT molecular complexity index is 647. The maximum atomic E-state index is 12.4. The largest absolute Gasteiger partial charge is 0.320 e. The maximum absolute atomic E-state index is 12.4. The number of aryl methyl sites for hydroxylation is 1. The van der Waals surface area contributed by atoms with E-state index >= 15 is 0 Å². The molecule has 0 amide bonds. The van der Waals surface area contributed by atoms with Crippen molar-refractivity contribution in [3.05, 3.63) is 29.3 Å². The van der Waals surface area contributed by atoms with Gasteiger partial charge in [-0.05, 0) is 36.5 Å². The van der Waals surface area contributed by atoms with Gasteiger partial charge < -0.3 is 5.73 Å². The minimum atomic E-state index is -3.51. The van der Waals surface area contributed by atoms with Gasteiger partial charge in [-0.25, -0.2) is 13.1 Å². The van der Waals surface area contributed by atoms with Gasteiger partial charge >= 0.3 is 0 Å². The van der Waals surface area contributed by atoms with Gasteiger partial charge in [0.15, 0.2) is 0 Å². The topological polar surface area (TPSA) is 72.2 Å². The molecule has 0 unspecified atom stereocenters. The van der Waals surface area contributed by atoms with Gasteiger partial charge in [-0.3, -0.25) is 0 Å². The Hall–Kier alpha value is -1.35. The Morgan fingerprint density at radius 3 is 2.52 bits per heavy atom. The first kappa shape index (κ1) is 17.7. The molecule has 0 saturated heterocycles. The van der Waals surface area contributed by atoms with Gasteiger partial charge in [-0.1, -0.05) is 38.7 Å². The SMILES string of the molecule is Cc1ccc(C#CCN)cc1S(=O)(=O)NCCC(C)(C)C. The summed E-state index contributed by atoms with van der Waals surface area (Å²) in [5.41, 5.74) is 6.78. The van der Waals surface area contributed by atoms with Crippen LogP contribution in [0.1, 0.15) is 38.3 Å². The van der Waals surface area contributed by atoms with Crippen LogP contribution >= 0.6 is 0 Å². The molecule has 0 aromatic heterocycles. The second-order valence-electron chi connectivity index (χ2n) is 6.19. The van der Waals surface area contributed by atoms with Crippen molar-refractivity contribution in [2.24, 2.45) is 11.1 Å². The number of nitrogens with two attached hydrogens (primary N) is 1. The number of hydrogen-bond donors (Lipinski definition) is 2. The number of hydrogen-bond acceptors (Lipinski definition) is 3. The Kier molecular flexibility index (Phi) is 5.97. The molecule has 3 N–H and O–H groups in total. The Labute approximate surface area is 128 Å². The van der Waals surface area contributed by atoms with E-state index in [2.05, 4.69) is 37.3 Å². The van der Waals surface area contributed by atoms with Crippen molar-refractivity contribution in [2.75, 3.05) is 13.1 Å². The van der Waals surface area contributed by atoms with Gasteiger partial charge in [0.2, 0.25) is 10.0 Å². The maximum Gasteiger partial charge on any atom is 0.240 e. The monoisotopic (exact) mass is 308 g/mol. The molecular formula is C16H24N2O2S. The van der Waals surface area contributed by atoms with Crippen LogP contribution in [0.15, 0.2) is 23.1 Å². The zero-order chi connectivity index (χ0) is 16.1. The molecule has 0 atom stereocenters. The first-order valence-electron chi connectivity index (χ1n) is 6.95. The summed E-state index contributed by atoms with van der Waals surface area (Å²) >= 11 is 0. The van der Waals surface area contributed by atoms with Crippen molar-refractivity contribution >= 4 is 10.0 Å². The molecule has 0 aliphatic carbocycles. The summed E-state index contributed by atoms with van der Waals surface area (Å²) in [7, 11) is -3.51. The van der Waals surface area contributed by atoms with E-state index in [1.165, 1.54) is 0 Å². The third kappa shape index (κ3) is 5.88. The van der Waals surface area contributed by atoms with Crippen molar-refractivity contribution in [3.63, 3.8) is 0 Å². The predicted octanol–water partition coefficient (Wildman–Crippen LogP) is 2.02. The van der Waals surface area contributed by atoms with E-state index in [1.54, 1.807) is 25.1 Å². The van der Waals surface area contributed by atoms with Crippen molar-refractivity contribution in [2.45, 2.75) is 39.0 Å². The molecule has 4 nitrogen and oxygen atoms in total. The Morgan fingerprint density at radius 1 is 1.29 bits per heavy atom. The highest BCUT2D eigenvalue weighted by Gasteiger charge is 2.18. The molecule has 5 heteroatoms. The predicted molar refractivity (Wildman–Crippen MR) is 86.4 cm³/mol. The number of sulfonamides is 1. The highest BCUT2D eigenvalue weighted by Crippen LogP contribution is 2.19. The van der Waals surface area contributed by atoms with E-state index in [9.17, 15) is 8.42 Å². The van der Waals surface area contributed by atoms with Crippen LogP contribution in [0.5, 0.6) is 0 Å². The van der Waals surface area contributed by atoms with Crippen molar-refractivity contribution in [1.29, 1.82) is 0 Å². The molecule has 0 heterocycles. The van der Waals surface area contributed by atoms with Crippen LogP contribution in [0.3, 0.4) is 0 Å². The zero-order valence-corrected chi connectivity index (χ0v) is 14.0. The lowest BCUT2D eigenvalue weighted by Crippen LogP contribution is -2.28. The van der Waals surface area contributed by atoms with Crippen molar-refractivity contribution < 1.29 is 8.42 Å². The van der Waals surface area contributed by atoms with Gasteiger partial charge in [-0.15, -0.1) is 0 Å². The fourth-order valence-electron chi connectivity index (χ4n) is 1.76. The summed E-state index contributed by atoms with van der Waals surface area (Å²) < 4.78 is 27.4. The quantitative estimate of drug-likeness (QED) is 0.836. The first-order chi connectivity index (χ1) is 9.65. The number of benzene rings is 1. The summed E-state index contributed by atoms with van der Waals surface area (Å²) in [6.07, 6.45) is 0.776. The molecule has 0 radical (unpaired) electrons. The summed E-state index contributed by atoms with van der Waals surface area (Å²) in [5, 5.41) is 0. The van der Waals surface area contributed by atoms with Gasteiger partial charge in [-0.2, -0.15) is 0 Å². The van der Waals surface area contributed by atoms with E-state index in [4.69, 9.17) is 5.73 Å². The summed E-state index contributed by atoms with van der Waals surface area (Å²) in [4.78, 5) is 0.278. The van der Waals surface area contributed by atoms with Gasteiger partial charge in [0.25, 0.3) is 0 Å². The third-order valence-electron chi connectivity index (χ3n) is 2.98. The average molecular weight is 308 g/mol. The lowest BCUT2D eigenvalue weighted by atomic mass is 9.93. The minimum Gasteiger partial charge on any atom is -0.320 e. The van der Waals surface area contributed by atoms with E-state index in [0.717, 1.165) is 6.42 Å². The van der Waals surface area contributed by atoms with Crippen LogP contribution in [-0.4, -0.2) is 21.5 Å². The van der Waals surface area contributed by atoms with Gasteiger partial charge in [0.1, 0.15) is 0 Å². The molecule has 0 bridgehead atoms. The van der Waals surface area contributed by atoms with Crippen molar-refractivity contribution in [1.82, 2.24) is 4.72 Å². The van der Waals surface area contributed by atoms with Crippen LogP contribution in [0.2, 0.25) is 0 Å². The minimum absolute atomic E-state index is 0.0893. The fourth-order valence-corrected chi connectivity index (χ4v) is 3.06. The lowest BCUT2D eigenvalue weighted by molar-refractivity contribution is 0.378. The molecule has 1 aromatic rings. The second kappa shape index (κ2) is 7.08. The smallest absolute Gasteiger partial charge is 0.240 e. The Balaban J connectivity index is 2.97. The molecule has 0 aliphatic heterocycles. The van der Waals surface area contributed by atoms with Gasteiger partial charge in [0.05, 0.1) is 11.4 Å². The molecule has 21 heavy (non-hydrogen) atoms. The number of nitrogens with one attached hydrogen (secondary N) is 1. The average Bonchev–Trinajstić information content (AvgIpc) is 2.35. The summed E-state index contributed by atoms with van der Waals surface area (Å²) in [6.45, 7) is 8.68. The normalized spacial score (nSPS) is 11.9. The number of rotatable bonds is 4. The van der Waals surface area contributed by atoms with Crippen LogP contribution in [0.4, 0.5) is 0 Å². The highest BCUT2D eigenvalue weighted by molar-refractivity contribution is 7.89.